The van der Waals surface area contributed by atoms with E-state index in [4.69, 9.17) is 0 Å². The molecule has 3 rings (SSSR count). The van der Waals surface area contributed by atoms with Crippen molar-refractivity contribution in [2.75, 3.05) is 18.8 Å². The summed E-state index contributed by atoms with van der Waals surface area (Å²) in [4.78, 5) is 16.1. The number of amides is 1. The fraction of sp³-hybridized carbons (Fsp3) is 0.867. The Morgan fingerprint density at radius 1 is 1.50 bits per heavy atom. The lowest BCUT2D eigenvalue weighted by Gasteiger charge is -2.36. The molecule has 20 heavy (non-hydrogen) atoms. The summed E-state index contributed by atoms with van der Waals surface area (Å²) in [6.07, 6.45) is 7.39. The van der Waals surface area contributed by atoms with Crippen molar-refractivity contribution in [3.8, 4) is 0 Å². The summed E-state index contributed by atoms with van der Waals surface area (Å²) >= 11 is 1.85. The van der Waals surface area contributed by atoms with Gasteiger partial charge in [0.2, 0.25) is 5.91 Å². The molecule has 2 unspecified atom stereocenters. The van der Waals surface area contributed by atoms with Crippen LogP contribution < -0.4 is 10.6 Å². The van der Waals surface area contributed by atoms with Crippen molar-refractivity contribution in [2.45, 2.75) is 51.0 Å². The van der Waals surface area contributed by atoms with E-state index in [1.54, 1.807) is 0 Å². The second kappa shape index (κ2) is 5.96. The molecular weight excluding hydrogens is 270 g/mol. The lowest BCUT2D eigenvalue weighted by atomic mass is 9.78. The molecule has 0 aromatic heterocycles. The van der Waals surface area contributed by atoms with E-state index < -0.39 is 0 Å². The van der Waals surface area contributed by atoms with Gasteiger partial charge in [-0.1, -0.05) is 31.5 Å². The van der Waals surface area contributed by atoms with Crippen LogP contribution in [0.3, 0.4) is 0 Å². The molecular formula is C15H25N3OS. The third-order valence-electron chi connectivity index (χ3n) is 4.56. The van der Waals surface area contributed by atoms with E-state index >= 15 is 0 Å². The number of nitrogens with zero attached hydrogens (tertiary/aromatic N) is 1. The van der Waals surface area contributed by atoms with Crippen LogP contribution in [-0.4, -0.2) is 35.5 Å². The van der Waals surface area contributed by atoms with Crippen LogP contribution in [0.4, 0.5) is 0 Å². The highest BCUT2D eigenvalue weighted by molar-refractivity contribution is 8.14. The molecule has 1 spiro atoms. The zero-order valence-electron chi connectivity index (χ0n) is 12.3. The molecule has 1 heterocycles. The third-order valence-corrected chi connectivity index (χ3v) is 5.76. The Balaban J connectivity index is 1.42. The predicted molar refractivity (Wildman–Crippen MR) is 84.0 cm³/mol. The predicted octanol–water partition coefficient (Wildman–Crippen LogP) is 2.15. The van der Waals surface area contributed by atoms with Gasteiger partial charge in [-0.15, -0.1) is 0 Å². The minimum atomic E-state index is 0.217. The standard InChI is InChI=1S/C15H25N3OS/c1-11-3-2-6-15(9-11)10-20-14(18-15)17-8-7-16-13(19)12-4-5-12/h11-12H,2-10H2,1H3,(H,16,19)(H,17,18). The molecule has 3 aliphatic rings. The van der Waals surface area contributed by atoms with Crippen LogP contribution in [0.5, 0.6) is 0 Å². The maximum Gasteiger partial charge on any atom is 0.223 e. The highest BCUT2D eigenvalue weighted by atomic mass is 32.2. The number of carbonyl (C=O) groups excluding carboxylic acids is 1. The van der Waals surface area contributed by atoms with Gasteiger partial charge in [0, 0.05) is 23.8 Å². The Morgan fingerprint density at radius 2 is 2.35 bits per heavy atom. The Kier molecular flexibility index (Phi) is 4.24. The molecule has 4 nitrogen and oxygen atoms in total. The van der Waals surface area contributed by atoms with E-state index in [9.17, 15) is 4.79 Å². The molecule has 1 amide bonds. The average Bonchev–Trinajstić information content (AvgIpc) is 3.20. The first-order chi connectivity index (χ1) is 9.67. The molecule has 5 heteroatoms. The van der Waals surface area contributed by atoms with Gasteiger partial charge < -0.3 is 10.6 Å². The lowest BCUT2D eigenvalue weighted by Crippen LogP contribution is -2.47. The zero-order valence-corrected chi connectivity index (χ0v) is 13.1. The third kappa shape index (κ3) is 3.48. The van der Waals surface area contributed by atoms with E-state index in [1.807, 2.05) is 11.8 Å². The van der Waals surface area contributed by atoms with Gasteiger partial charge in [-0.25, -0.2) is 0 Å². The second-order valence-corrected chi connectivity index (χ2v) is 7.61. The first-order valence-electron chi connectivity index (χ1n) is 7.90. The number of rotatable bonds is 4. The van der Waals surface area contributed by atoms with Gasteiger partial charge in [0.25, 0.3) is 0 Å². The van der Waals surface area contributed by atoms with Crippen LogP contribution in [0.15, 0.2) is 4.99 Å². The zero-order chi connectivity index (χ0) is 14.0. The molecule has 0 aromatic rings. The highest BCUT2D eigenvalue weighted by Gasteiger charge is 2.40. The van der Waals surface area contributed by atoms with Crippen LogP contribution in [0.2, 0.25) is 0 Å². The number of carbonyl (C=O) groups is 1. The number of nitrogens with one attached hydrogen (secondary N) is 2. The minimum Gasteiger partial charge on any atom is -0.359 e. The van der Waals surface area contributed by atoms with Gasteiger partial charge in [-0.3, -0.25) is 9.79 Å². The molecule has 2 atom stereocenters. The summed E-state index contributed by atoms with van der Waals surface area (Å²) in [5.74, 6) is 2.50. The SMILES string of the molecule is CC1CCCC2(CSC(=NCCNC(=O)C3CC3)N2)C1. The van der Waals surface area contributed by atoms with Crippen molar-refractivity contribution in [2.24, 2.45) is 16.8 Å². The molecule has 2 aliphatic carbocycles. The first kappa shape index (κ1) is 14.2. The van der Waals surface area contributed by atoms with Gasteiger partial charge in [0.15, 0.2) is 5.17 Å². The molecule has 2 saturated carbocycles. The number of aliphatic imine (C=N–C) groups is 1. The largest absolute Gasteiger partial charge is 0.359 e. The summed E-state index contributed by atoms with van der Waals surface area (Å²) < 4.78 is 0. The topological polar surface area (TPSA) is 53.5 Å². The maximum absolute atomic E-state index is 11.5. The molecule has 0 bridgehead atoms. The quantitative estimate of drug-likeness (QED) is 0.782. The maximum atomic E-state index is 11.5. The minimum absolute atomic E-state index is 0.217. The van der Waals surface area contributed by atoms with Crippen molar-refractivity contribution in [1.82, 2.24) is 10.6 Å². The normalized spacial score (nSPS) is 35.2. The van der Waals surface area contributed by atoms with Crippen molar-refractivity contribution < 1.29 is 4.79 Å². The van der Waals surface area contributed by atoms with E-state index in [0.717, 1.165) is 29.7 Å². The molecule has 2 N–H and O–H groups in total. The Hall–Kier alpha value is -0.710. The van der Waals surface area contributed by atoms with Crippen molar-refractivity contribution in [1.29, 1.82) is 0 Å². The van der Waals surface area contributed by atoms with E-state index in [1.165, 1.54) is 25.7 Å². The van der Waals surface area contributed by atoms with Gasteiger partial charge in [-0.2, -0.15) is 0 Å². The molecule has 1 aliphatic heterocycles. The number of hydrogen-bond acceptors (Lipinski definition) is 3. The molecule has 1 saturated heterocycles. The monoisotopic (exact) mass is 295 g/mol. The lowest BCUT2D eigenvalue weighted by molar-refractivity contribution is -0.122. The molecule has 0 radical (unpaired) electrons. The van der Waals surface area contributed by atoms with E-state index in [2.05, 4.69) is 22.5 Å². The highest BCUT2D eigenvalue weighted by Crippen LogP contribution is 2.38. The summed E-state index contributed by atoms with van der Waals surface area (Å²) in [6.45, 7) is 3.72. The Morgan fingerprint density at radius 3 is 3.10 bits per heavy atom. The van der Waals surface area contributed by atoms with Gasteiger partial charge in [-0.05, 0) is 31.6 Å². The fourth-order valence-electron chi connectivity index (χ4n) is 3.32. The van der Waals surface area contributed by atoms with E-state index in [-0.39, 0.29) is 5.91 Å². The Bertz CT molecular complexity index is 408. The van der Waals surface area contributed by atoms with Gasteiger partial charge in [0.1, 0.15) is 0 Å². The van der Waals surface area contributed by atoms with Crippen LogP contribution in [0.25, 0.3) is 0 Å². The van der Waals surface area contributed by atoms with Crippen LogP contribution >= 0.6 is 11.8 Å². The van der Waals surface area contributed by atoms with Gasteiger partial charge in [0.05, 0.1) is 6.54 Å². The summed E-state index contributed by atoms with van der Waals surface area (Å²) in [5.41, 5.74) is 0.304. The van der Waals surface area contributed by atoms with Crippen molar-refractivity contribution in [3.05, 3.63) is 0 Å². The molecule has 112 valence electrons. The number of thioether (sulfide) groups is 1. The Labute approximate surface area is 125 Å². The van der Waals surface area contributed by atoms with Crippen LogP contribution in [0, 0.1) is 11.8 Å². The van der Waals surface area contributed by atoms with Gasteiger partial charge >= 0.3 is 0 Å². The molecule has 3 fully saturated rings. The molecule has 0 aromatic carbocycles. The average molecular weight is 295 g/mol. The van der Waals surface area contributed by atoms with Crippen molar-refractivity contribution in [3.63, 3.8) is 0 Å². The first-order valence-corrected chi connectivity index (χ1v) is 8.89. The fourth-order valence-corrected chi connectivity index (χ4v) is 4.54. The number of amidine groups is 1. The summed E-state index contributed by atoms with van der Waals surface area (Å²) in [7, 11) is 0. The van der Waals surface area contributed by atoms with E-state index in [0.29, 0.717) is 24.5 Å². The van der Waals surface area contributed by atoms with Crippen LogP contribution in [-0.2, 0) is 4.79 Å². The smallest absolute Gasteiger partial charge is 0.223 e. The summed E-state index contributed by atoms with van der Waals surface area (Å²) in [6, 6.07) is 0. The summed E-state index contributed by atoms with van der Waals surface area (Å²) in [5, 5.41) is 7.71. The number of hydrogen-bond donors (Lipinski definition) is 2. The van der Waals surface area contributed by atoms with Crippen molar-refractivity contribution >= 4 is 22.8 Å². The second-order valence-electron chi connectivity index (χ2n) is 6.65. The van der Waals surface area contributed by atoms with Crippen LogP contribution in [0.1, 0.15) is 45.4 Å².